The number of rotatable bonds is 6. The summed E-state index contributed by atoms with van der Waals surface area (Å²) in [5, 5.41) is -1.44. The van der Waals surface area contributed by atoms with E-state index in [2.05, 4.69) is 0 Å². The van der Waals surface area contributed by atoms with Gasteiger partial charge in [0.1, 0.15) is 6.42 Å². The number of carbonyl (C=O) groups is 5. The molecule has 0 aliphatic carbocycles. The molecule has 1 aliphatic rings. The van der Waals surface area contributed by atoms with Crippen molar-refractivity contribution in [1.29, 1.82) is 0 Å². The molecule has 1 rings (SSSR count). The van der Waals surface area contributed by atoms with Gasteiger partial charge in [0.25, 0.3) is 0 Å². The Labute approximate surface area is 151 Å². The van der Waals surface area contributed by atoms with E-state index in [1.807, 2.05) is 27.7 Å². The number of amides is 4. The van der Waals surface area contributed by atoms with E-state index in [0.717, 1.165) is 0 Å². The predicted molar refractivity (Wildman–Crippen MR) is 89.5 cm³/mol. The van der Waals surface area contributed by atoms with Crippen LogP contribution in [-0.2, 0) is 19.2 Å². The van der Waals surface area contributed by atoms with Crippen molar-refractivity contribution in [2.45, 2.75) is 40.5 Å². The van der Waals surface area contributed by atoms with Gasteiger partial charge in [0.2, 0.25) is 22.3 Å². The summed E-state index contributed by atoms with van der Waals surface area (Å²) in [5.41, 5.74) is 0. The van der Waals surface area contributed by atoms with Crippen LogP contribution in [0.15, 0.2) is 0 Å². The fourth-order valence-electron chi connectivity index (χ4n) is 1.88. The first-order chi connectivity index (χ1) is 11.0. The van der Waals surface area contributed by atoms with Crippen LogP contribution in [0, 0.1) is 11.8 Å². The summed E-state index contributed by atoms with van der Waals surface area (Å²) in [4.78, 5) is 57.1. The van der Waals surface area contributed by atoms with Crippen molar-refractivity contribution in [3.63, 3.8) is 0 Å². The van der Waals surface area contributed by atoms with Gasteiger partial charge < -0.3 is 0 Å². The molecule has 0 aromatic carbocycles. The van der Waals surface area contributed by atoms with Crippen molar-refractivity contribution in [3.8, 4) is 0 Å². The van der Waals surface area contributed by atoms with Crippen molar-refractivity contribution < 1.29 is 24.0 Å². The largest absolute Gasteiger partial charge is 0.333 e. The number of imide groups is 2. The molecule has 0 saturated carbocycles. The van der Waals surface area contributed by atoms with Crippen LogP contribution in [0.4, 0.5) is 4.79 Å². The molecule has 0 aromatic heterocycles. The average Bonchev–Trinajstić information content (AvgIpc) is 2.38. The summed E-state index contributed by atoms with van der Waals surface area (Å²) >= 11 is 9.46. The van der Waals surface area contributed by atoms with E-state index in [1.54, 1.807) is 0 Å². The highest BCUT2D eigenvalue weighted by Crippen LogP contribution is 2.15. The molecule has 0 spiro atoms. The second-order valence-electron chi connectivity index (χ2n) is 6.14. The minimum absolute atomic E-state index is 0.189. The zero-order valence-corrected chi connectivity index (χ0v) is 15.7. The van der Waals surface area contributed by atoms with E-state index in [9.17, 15) is 24.0 Å². The first-order valence-corrected chi connectivity index (χ1v) is 8.22. The monoisotopic (exact) mass is 380 g/mol. The van der Waals surface area contributed by atoms with Crippen LogP contribution in [0.2, 0.25) is 0 Å². The SMILES string of the molecule is CC(C)CN1C(=O)CC(=O)N(CC(C)C)C1=O.O=C(Cl)CC(=O)Cl. The highest BCUT2D eigenvalue weighted by atomic mass is 35.5. The van der Waals surface area contributed by atoms with Crippen molar-refractivity contribution >= 4 is 51.5 Å². The van der Waals surface area contributed by atoms with Gasteiger partial charge in [-0.3, -0.25) is 29.0 Å². The molecule has 0 radical (unpaired) electrons. The molecular formula is C15H22Cl2N2O5. The molecule has 0 aromatic rings. The van der Waals surface area contributed by atoms with Gasteiger partial charge in [0, 0.05) is 13.1 Å². The van der Waals surface area contributed by atoms with E-state index in [1.165, 1.54) is 9.80 Å². The first-order valence-electron chi connectivity index (χ1n) is 7.47. The van der Waals surface area contributed by atoms with Crippen molar-refractivity contribution in [2.75, 3.05) is 13.1 Å². The minimum atomic E-state index is -0.722. The molecular weight excluding hydrogens is 359 g/mol. The zero-order chi connectivity index (χ0) is 19.0. The van der Waals surface area contributed by atoms with Crippen LogP contribution in [0.3, 0.4) is 0 Å². The molecule has 24 heavy (non-hydrogen) atoms. The third kappa shape index (κ3) is 8.40. The van der Waals surface area contributed by atoms with Gasteiger partial charge in [0.05, 0.1) is 6.42 Å². The number of halogens is 2. The smallest absolute Gasteiger partial charge is 0.281 e. The topological polar surface area (TPSA) is 91.8 Å². The Morgan fingerprint density at radius 1 is 0.875 bits per heavy atom. The van der Waals surface area contributed by atoms with Gasteiger partial charge in [-0.25, -0.2) is 4.79 Å². The van der Waals surface area contributed by atoms with Crippen LogP contribution in [0.5, 0.6) is 0 Å². The van der Waals surface area contributed by atoms with Crippen LogP contribution in [-0.4, -0.2) is 51.2 Å². The third-order valence-electron chi connectivity index (χ3n) is 2.74. The predicted octanol–water partition coefficient (Wildman–Crippen LogP) is 2.39. The molecule has 7 nitrogen and oxygen atoms in total. The Morgan fingerprint density at radius 2 is 1.21 bits per heavy atom. The summed E-state index contributed by atoms with van der Waals surface area (Å²) in [6, 6.07) is -0.464. The number of hydrogen-bond donors (Lipinski definition) is 0. The van der Waals surface area contributed by atoms with Crippen molar-refractivity contribution in [1.82, 2.24) is 9.80 Å². The molecule has 0 N–H and O–H groups in total. The van der Waals surface area contributed by atoms with Crippen LogP contribution in [0.1, 0.15) is 40.5 Å². The summed E-state index contributed by atoms with van der Waals surface area (Å²) in [6.45, 7) is 8.49. The third-order valence-corrected chi connectivity index (χ3v) is 3.01. The Balaban J connectivity index is 0.000000640. The van der Waals surface area contributed by atoms with Crippen molar-refractivity contribution in [3.05, 3.63) is 0 Å². The lowest BCUT2D eigenvalue weighted by Crippen LogP contribution is -2.56. The van der Waals surface area contributed by atoms with Gasteiger partial charge >= 0.3 is 6.03 Å². The normalized spacial score (nSPS) is 14.9. The quantitative estimate of drug-likeness (QED) is 0.520. The molecule has 1 aliphatic heterocycles. The lowest BCUT2D eigenvalue weighted by atomic mass is 10.1. The van der Waals surface area contributed by atoms with Gasteiger partial charge in [-0.2, -0.15) is 0 Å². The lowest BCUT2D eigenvalue weighted by Gasteiger charge is -2.34. The Morgan fingerprint density at radius 3 is 1.42 bits per heavy atom. The second kappa shape index (κ2) is 10.4. The second-order valence-corrected chi connectivity index (χ2v) is 6.99. The van der Waals surface area contributed by atoms with Crippen LogP contribution >= 0.6 is 23.2 Å². The summed E-state index contributed by atoms with van der Waals surface area (Å²) in [7, 11) is 0. The zero-order valence-electron chi connectivity index (χ0n) is 14.2. The maximum atomic E-state index is 12.0. The van der Waals surface area contributed by atoms with Gasteiger partial charge in [-0.05, 0) is 35.0 Å². The molecule has 4 amide bonds. The number of nitrogens with zero attached hydrogens (tertiary/aromatic N) is 2. The van der Waals surface area contributed by atoms with Crippen molar-refractivity contribution in [2.24, 2.45) is 11.8 Å². The molecule has 136 valence electrons. The van der Waals surface area contributed by atoms with E-state index in [0.29, 0.717) is 13.1 Å². The molecule has 1 fully saturated rings. The highest BCUT2D eigenvalue weighted by Gasteiger charge is 2.37. The Hall–Kier alpha value is -1.47. The van der Waals surface area contributed by atoms with Crippen LogP contribution < -0.4 is 0 Å². The van der Waals surface area contributed by atoms with Gasteiger partial charge in [0.15, 0.2) is 0 Å². The fraction of sp³-hybridized carbons (Fsp3) is 0.667. The summed E-state index contributed by atoms with van der Waals surface area (Å²) < 4.78 is 0. The van der Waals surface area contributed by atoms with Gasteiger partial charge in [-0.15, -0.1) is 0 Å². The highest BCUT2D eigenvalue weighted by molar-refractivity contribution is 6.72. The van der Waals surface area contributed by atoms with E-state index in [-0.39, 0.29) is 36.5 Å². The van der Waals surface area contributed by atoms with Gasteiger partial charge in [-0.1, -0.05) is 27.7 Å². The minimum Gasteiger partial charge on any atom is -0.281 e. The van der Waals surface area contributed by atoms with E-state index >= 15 is 0 Å². The van der Waals surface area contributed by atoms with E-state index in [4.69, 9.17) is 23.2 Å². The first kappa shape index (κ1) is 22.5. The van der Waals surface area contributed by atoms with Crippen LogP contribution in [0.25, 0.3) is 0 Å². The number of hydrogen-bond acceptors (Lipinski definition) is 5. The molecule has 0 unspecified atom stereocenters. The molecule has 1 saturated heterocycles. The Kier molecular flexibility index (Phi) is 9.77. The summed E-state index contributed by atoms with van der Waals surface area (Å²) in [5.74, 6) is -0.351. The fourth-order valence-corrected chi connectivity index (χ4v) is 2.19. The molecule has 9 heteroatoms. The standard InChI is InChI=1S/C12H20N2O3.C3H2Cl2O2/c1-8(2)6-13-10(15)5-11(16)14(12(13)17)7-9(3)4;4-2(6)1-3(5)7/h8-9H,5-7H2,1-4H3;1H2. The number of urea groups is 1. The lowest BCUT2D eigenvalue weighted by molar-refractivity contribution is -0.143. The molecule has 0 bridgehead atoms. The Bertz CT molecular complexity index is 478. The summed E-state index contributed by atoms with van der Waals surface area (Å²) in [6.07, 6.45) is -0.575. The average molecular weight is 381 g/mol. The number of barbiturate groups is 1. The molecule has 1 heterocycles. The number of carbonyl (C=O) groups excluding carboxylic acids is 5. The maximum absolute atomic E-state index is 12.0. The maximum Gasteiger partial charge on any atom is 0.333 e. The van der Waals surface area contributed by atoms with E-state index < -0.39 is 16.5 Å². The molecule has 0 atom stereocenters.